The predicted octanol–water partition coefficient (Wildman–Crippen LogP) is 5.32. The minimum absolute atomic E-state index is 0.00570. The van der Waals surface area contributed by atoms with Crippen molar-refractivity contribution in [3.63, 3.8) is 0 Å². The van der Waals surface area contributed by atoms with Gasteiger partial charge in [-0.2, -0.15) is 0 Å². The quantitative estimate of drug-likeness (QED) is 0.388. The van der Waals surface area contributed by atoms with E-state index in [4.69, 9.17) is 4.98 Å². The van der Waals surface area contributed by atoms with Crippen molar-refractivity contribution in [1.29, 1.82) is 0 Å². The molecule has 5 rings (SSSR count). The normalized spacial score (nSPS) is 16.7. The summed E-state index contributed by atoms with van der Waals surface area (Å²) >= 11 is 3.60. The molecule has 3 aromatic carbocycles. The first-order valence-electron chi connectivity index (χ1n) is 11.4. The van der Waals surface area contributed by atoms with Crippen LogP contribution in [0.4, 0.5) is 0 Å². The maximum atomic E-state index is 12.9. The molecular formula is C27H27BrN4O. The van der Waals surface area contributed by atoms with E-state index in [0.717, 1.165) is 58.5 Å². The van der Waals surface area contributed by atoms with Crippen molar-refractivity contribution in [3.8, 4) is 5.69 Å². The largest absolute Gasteiger partial charge is 0.352 e. The number of imidazole rings is 1. The molecule has 1 amide bonds. The number of amides is 1. The molecule has 1 atom stereocenters. The summed E-state index contributed by atoms with van der Waals surface area (Å²) in [6, 6.07) is 26.6. The van der Waals surface area contributed by atoms with E-state index >= 15 is 0 Å². The minimum atomic E-state index is 0.00570. The van der Waals surface area contributed by atoms with Gasteiger partial charge in [-0.25, -0.2) is 4.98 Å². The number of rotatable bonds is 6. The van der Waals surface area contributed by atoms with E-state index in [1.807, 2.05) is 48.5 Å². The summed E-state index contributed by atoms with van der Waals surface area (Å²) in [6.07, 6.45) is 1.94. The van der Waals surface area contributed by atoms with Gasteiger partial charge in [0, 0.05) is 23.2 Å². The van der Waals surface area contributed by atoms with Gasteiger partial charge < -0.3 is 5.32 Å². The molecule has 0 spiro atoms. The molecule has 0 radical (unpaired) electrons. The van der Waals surface area contributed by atoms with Crippen molar-refractivity contribution in [2.24, 2.45) is 5.92 Å². The lowest BCUT2D eigenvalue weighted by Gasteiger charge is -2.31. The number of aromatic nitrogens is 2. The van der Waals surface area contributed by atoms with Gasteiger partial charge in [-0.1, -0.05) is 64.5 Å². The monoisotopic (exact) mass is 502 g/mol. The lowest BCUT2D eigenvalue weighted by molar-refractivity contribution is -0.127. The molecule has 1 saturated heterocycles. The molecule has 5 nitrogen and oxygen atoms in total. The van der Waals surface area contributed by atoms with Crippen molar-refractivity contribution < 1.29 is 4.79 Å². The number of hydrogen-bond acceptors (Lipinski definition) is 3. The SMILES string of the molecule is O=C(NCc1ccccc1)[C@H]1CCCN(Cc2nc3ccccc3n2-c2cccc(Br)c2)C1. The van der Waals surface area contributed by atoms with Crippen LogP contribution in [0, 0.1) is 5.92 Å². The molecular weight excluding hydrogens is 476 g/mol. The average molecular weight is 503 g/mol. The number of nitrogens with one attached hydrogen (secondary N) is 1. The summed E-state index contributed by atoms with van der Waals surface area (Å²) in [5.74, 6) is 1.15. The van der Waals surface area contributed by atoms with Crippen LogP contribution in [0.25, 0.3) is 16.7 Å². The van der Waals surface area contributed by atoms with Crippen LogP contribution in [0.1, 0.15) is 24.2 Å². The number of fused-ring (bicyclic) bond motifs is 1. The Bertz CT molecular complexity index is 1250. The zero-order chi connectivity index (χ0) is 22.6. The number of carbonyl (C=O) groups excluding carboxylic acids is 1. The fourth-order valence-electron chi connectivity index (χ4n) is 4.63. The molecule has 0 bridgehead atoms. The number of nitrogens with zero attached hydrogens (tertiary/aromatic N) is 3. The van der Waals surface area contributed by atoms with Gasteiger partial charge in [-0.05, 0) is 55.3 Å². The van der Waals surface area contributed by atoms with Gasteiger partial charge in [-0.15, -0.1) is 0 Å². The van der Waals surface area contributed by atoms with Crippen LogP contribution in [-0.4, -0.2) is 33.4 Å². The van der Waals surface area contributed by atoms with Crippen LogP contribution in [0.3, 0.4) is 0 Å². The molecule has 2 heterocycles. The lowest BCUT2D eigenvalue weighted by Crippen LogP contribution is -2.42. The van der Waals surface area contributed by atoms with Crippen molar-refractivity contribution in [3.05, 3.63) is 94.7 Å². The highest BCUT2D eigenvalue weighted by Crippen LogP contribution is 2.26. The Morgan fingerprint density at radius 1 is 1.03 bits per heavy atom. The van der Waals surface area contributed by atoms with Crippen LogP contribution in [0.15, 0.2) is 83.3 Å². The molecule has 1 fully saturated rings. The second kappa shape index (κ2) is 9.89. The summed E-state index contributed by atoms with van der Waals surface area (Å²) in [5, 5.41) is 3.13. The zero-order valence-electron chi connectivity index (χ0n) is 18.5. The predicted molar refractivity (Wildman–Crippen MR) is 135 cm³/mol. The van der Waals surface area contributed by atoms with E-state index in [1.54, 1.807) is 0 Å². The molecule has 33 heavy (non-hydrogen) atoms. The first kappa shape index (κ1) is 21.9. The molecule has 4 aromatic rings. The van der Waals surface area contributed by atoms with Crippen molar-refractivity contribution in [2.45, 2.75) is 25.9 Å². The number of hydrogen-bond donors (Lipinski definition) is 1. The van der Waals surface area contributed by atoms with Gasteiger partial charge in [0.15, 0.2) is 0 Å². The first-order valence-corrected chi connectivity index (χ1v) is 12.2. The van der Waals surface area contributed by atoms with Crippen LogP contribution < -0.4 is 5.32 Å². The summed E-state index contributed by atoms with van der Waals surface area (Å²) in [7, 11) is 0. The molecule has 0 saturated carbocycles. The van der Waals surface area contributed by atoms with Gasteiger partial charge in [0.25, 0.3) is 0 Å². The number of halogens is 1. The molecule has 6 heteroatoms. The number of benzene rings is 3. The number of likely N-dealkylation sites (tertiary alicyclic amines) is 1. The molecule has 1 N–H and O–H groups in total. The van der Waals surface area contributed by atoms with Gasteiger partial charge in [0.1, 0.15) is 5.82 Å². The van der Waals surface area contributed by atoms with E-state index in [0.29, 0.717) is 13.1 Å². The van der Waals surface area contributed by atoms with Crippen molar-refractivity contribution in [1.82, 2.24) is 19.8 Å². The van der Waals surface area contributed by atoms with Crippen LogP contribution in [-0.2, 0) is 17.9 Å². The average Bonchev–Trinajstić information content (AvgIpc) is 3.21. The Labute approximate surface area is 202 Å². The third-order valence-electron chi connectivity index (χ3n) is 6.25. The fourth-order valence-corrected chi connectivity index (χ4v) is 5.01. The second-order valence-electron chi connectivity index (χ2n) is 8.61. The number of carbonyl (C=O) groups is 1. The molecule has 1 aliphatic rings. The van der Waals surface area contributed by atoms with Gasteiger partial charge >= 0.3 is 0 Å². The Balaban J connectivity index is 1.33. The Hall–Kier alpha value is -2.96. The maximum Gasteiger partial charge on any atom is 0.224 e. The minimum Gasteiger partial charge on any atom is -0.352 e. The summed E-state index contributed by atoms with van der Waals surface area (Å²) in [4.78, 5) is 20.2. The summed E-state index contributed by atoms with van der Waals surface area (Å²) in [5.41, 5.74) is 4.30. The zero-order valence-corrected chi connectivity index (χ0v) is 20.0. The Morgan fingerprint density at radius 2 is 1.85 bits per heavy atom. The van der Waals surface area contributed by atoms with Crippen molar-refractivity contribution >= 4 is 32.9 Å². The van der Waals surface area contributed by atoms with Crippen molar-refractivity contribution in [2.75, 3.05) is 13.1 Å². The Morgan fingerprint density at radius 3 is 2.70 bits per heavy atom. The van der Waals surface area contributed by atoms with E-state index in [-0.39, 0.29) is 11.8 Å². The van der Waals surface area contributed by atoms with Gasteiger partial charge in [0.05, 0.1) is 23.5 Å². The maximum absolute atomic E-state index is 12.9. The molecule has 1 aromatic heterocycles. The van der Waals surface area contributed by atoms with E-state index < -0.39 is 0 Å². The molecule has 168 valence electrons. The lowest BCUT2D eigenvalue weighted by atomic mass is 9.97. The fraction of sp³-hybridized carbons (Fsp3) is 0.259. The van der Waals surface area contributed by atoms with Crippen LogP contribution >= 0.6 is 15.9 Å². The van der Waals surface area contributed by atoms with Crippen LogP contribution in [0.2, 0.25) is 0 Å². The highest BCUT2D eigenvalue weighted by atomic mass is 79.9. The summed E-state index contributed by atoms with van der Waals surface area (Å²) < 4.78 is 3.27. The van der Waals surface area contributed by atoms with Crippen LogP contribution in [0.5, 0.6) is 0 Å². The van der Waals surface area contributed by atoms with Gasteiger partial charge in [0.2, 0.25) is 5.91 Å². The number of piperidine rings is 1. The molecule has 0 unspecified atom stereocenters. The number of para-hydroxylation sites is 2. The van der Waals surface area contributed by atoms with E-state index in [9.17, 15) is 4.79 Å². The highest BCUT2D eigenvalue weighted by molar-refractivity contribution is 9.10. The first-order chi connectivity index (χ1) is 16.2. The Kier molecular flexibility index (Phi) is 6.55. The van der Waals surface area contributed by atoms with Gasteiger partial charge in [-0.3, -0.25) is 14.3 Å². The smallest absolute Gasteiger partial charge is 0.224 e. The standard InChI is InChI=1S/C27H27BrN4O/c28-22-11-6-12-23(16-22)32-25-14-5-4-13-24(25)30-26(32)19-31-15-7-10-21(18-31)27(33)29-17-20-8-2-1-3-9-20/h1-6,8-9,11-14,16,21H,7,10,15,17-19H2,(H,29,33)/t21-/m0/s1. The molecule has 1 aliphatic heterocycles. The van der Waals surface area contributed by atoms with E-state index in [1.165, 1.54) is 0 Å². The third-order valence-corrected chi connectivity index (χ3v) is 6.74. The summed E-state index contributed by atoms with van der Waals surface area (Å²) in [6.45, 7) is 3.02. The molecule has 0 aliphatic carbocycles. The third kappa shape index (κ3) is 5.02. The van der Waals surface area contributed by atoms with E-state index in [2.05, 4.69) is 61.0 Å². The highest BCUT2D eigenvalue weighted by Gasteiger charge is 2.27. The second-order valence-corrected chi connectivity index (χ2v) is 9.53. The topological polar surface area (TPSA) is 50.2 Å².